The van der Waals surface area contributed by atoms with Gasteiger partial charge in [-0.3, -0.25) is 4.79 Å². The number of rotatable bonds is 4. The van der Waals surface area contributed by atoms with E-state index in [0.717, 1.165) is 5.69 Å². The van der Waals surface area contributed by atoms with Gasteiger partial charge in [-0.25, -0.2) is 4.39 Å². The third-order valence-electron chi connectivity index (χ3n) is 3.47. The number of halogens is 1. The average molecular weight is 322 g/mol. The third kappa shape index (κ3) is 3.55. The zero-order valence-electron chi connectivity index (χ0n) is 13.0. The van der Waals surface area contributed by atoms with Crippen LogP contribution in [0.15, 0.2) is 66.7 Å². The Morgan fingerprint density at radius 2 is 1.67 bits per heavy atom. The van der Waals surface area contributed by atoms with Crippen LogP contribution in [-0.2, 0) is 0 Å². The van der Waals surface area contributed by atoms with Gasteiger partial charge in [0, 0.05) is 18.4 Å². The SMILES string of the molecule is CN(c1ccccc1)c1ccc(C(=O)Nc2ccc(F)cc2)nn1. The second-order valence-electron chi connectivity index (χ2n) is 5.13. The normalized spacial score (nSPS) is 10.2. The van der Waals surface area contributed by atoms with E-state index in [0.29, 0.717) is 11.5 Å². The Morgan fingerprint density at radius 1 is 0.958 bits per heavy atom. The Balaban J connectivity index is 1.72. The average Bonchev–Trinajstić information content (AvgIpc) is 2.64. The van der Waals surface area contributed by atoms with E-state index in [1.165, 1.54) is 24.3 Å². The van der Waals surface area contributed by atoms with Crippen LogP contribution in [0.4, 0.5) is 21.6 Å². The van der Waals surface area contributed by atoms with Crippen molar-refractivity contribution in [3.8, 4) is 0 Å². The fraction of sp³-hybridized carbons (Fsp3) is 0.0556. The lowest BCUT2D eigenvalue weighted by atomic mass is 10.3. The predicted molar refractivity (Wildman–Crippen MR) is 90.9 cm³/mol. The van der Waals surface area contributed by atoms with Gasteiger partial charge in [0.25, 0.3) is 5.91 Å². The monoisotopic (exact) mass is 322 g/mol. The summed E-state index contributed by atoms with van der Waals surface area (Å²) in [6, 6.07) is 18.6. The van der Waals surface area contributed by atoms with Crippen molar-refractivity contribution in [3.63, 3.8) is 0 Å². The molecule has 5 nitrogen and oxygen atoms in total. The smallest absolute Gasteiger partial charge is 0.276 e. The zero-order valence-corrected chi connectivity index (χ0v) is 13.0. The zero-order chi connectivity index (χ0) is 16.9. The van der Waals surface area contributed by atoms with Crippen molar-refractivity contribution < 1.29 is 9.18 Å². The number of amides is 1. The van der Waals surface area contributed by atoms with Gasteiger partial charge in [-0.2, -0.15) is 0 Å². The number of hydrogen-bond donors (Lipinski definition) is 1. The van der Waals surface area contributed by atoms with Crippen molar-refractivity contribution in [3.05, 3.63) is 78.2 Å². The van der Waals surface area contributed by atoms with E-state index in [9.17, 15) is 9.18 Å². The van der Waals surface area contributed by atoms with Crippen LogP contribution in [0, 0.1) is 5.82 Å². The highest BCUT2D eigenvalue weighted by Crippen LogP contribution is 2.20. The van der Waals surface area contributed by atoms with Crippen molar-refractivity contribution in [2.45, 2.75) is 0 Å². The highest BCUT2D eigenvalue weighted by atomic mass is 19.1. The Kier molecular flexibility index (Phi) is 4.47. The molecule has 0 unspecified atom stereocenters. The lowest BCUT2D eigenvalue weighted by Crippen LogP contribution is -2.16. The van der Waals surface area contributed by atoms with Gasteiger partial charge in [-0.05, 0) is 48.5 Å². The molecule has 3 aromatic rings. The molecule has 3 rings (SSSR count). The van der Waals surface area contributed by atoms with Gasteiger partial charge in [0.15, 0.2) is 11.5 Å². The molecular formula is C18H15FN4O. The van der Waals surface area contributed by atoms with Gasteiger partial charge in [0.1, 0.15) is 5.82 Å². The number of carbonyl (C=O) groups excluding carboxylic acids is 1. The summed E-state index contributed by atoms with van der Waals surface area (Å²) < 4.78 is 12.9. The number of nitrogens with one attached hydrogen (secondary N) is 1. The number of aromatic nitrogens is 2. The molecule has 0 saturated carbocycles. The third-order valence-corrected chi connectivity index (χ3v) is 3.47. The number of carbonyl (C=O) groups is 1. The van der Waals surface area contributed by atoms with Gasteiger partial charge in [0.05, 0.1) is 0 Å². The van der Waals surface area contributed by atoms with E-state index in [-0.39, 0.29) is 11.5 Å². The first-order chi connectivity index (χ1) is 11.6. The van der Waals surface area contributed by atoms with Crippen LogP contribution in [0.25, 0.3) is 0 Å². The maximum atomic E-state index is 12.9. The maximum Gasteiger partial charge on any atom is 0.276 e. The van der Waals surface area contributed by atoms with Crippen LogP contribution in [0.1, 0.15) is 10.5 Å². The molecule has 0 saturated heterocycles. The van der Waals surface area contributed by atoms with E-state index < -0.39 is 5.91 Å². The molecule has 0 atom stereocenters. The standard InChI is InChI=1S/C18H15FN4O/c1-23(15-5-3-2-4-6-15)17-12-11-16(21-22-17)18(24)20-14-9-7-13(19)8-10-14/h2-12H,1H3,(H,20,24). The summed E-state index contributed by atoms with van der Waals surface area (Å²) in [4.78, 5) is 14.0. The molecule has 0 spiro atoms. The molecule has 0 radical (unpaired) electrons. The highest BCUT2D eigenvalue weighted by Gasteiger charge is 2.11. The summed E-state index contributed by atoms with van der Waals surface area (Å²) in [7, 11) is 1.87. The van der Waals surface area contributed by atoms with Crippen molar-refractivity contribution in [2.75, 3.05) is 17.3 Å². The Hall–Kier alpha value is -3.28. The minimum Gasteiger partial charge on any atom is -0.328 e. The van der Waals surface area contributed by atoms with Crippen LogP contribution in [0.5, 0.6) is 0 Å². The molecular weight excluding hydrogens is 307 g/mol. The number of benzene rings is 2. The van der Waals surface area contributed by atoms with Crippen molar-refractivity contribution in [1.29, 1.82) is 0 Å². The van der Waals surface area contributed by atoms with Gasteiger partial charge < -0.3 is 10.2 Å². The van der Waals surface area contributed by atoms with Crippen LogP contribution in [0.2, 0.25) is 0 Å². The summed E-state index contributed by atoms with van der Waals surface area (Å²) in [6.45, 7) is 0. The Morgan fingerprint density at radius 3 is 2.29 bits per heavy atom. The molecule has 0 fully saturated rings. The van der Waals surface area contributed by atoms with Crippen LogP contribution in [-0.4, -0.2) is 23.2 Å². The van der Waals surface area contributed by atoms with Gasteiger partial charge >= 0.3 is 0 Å². The molecule has 1 heterocycles. The topological polar surface area (TPSA) is 58.1 Å². The molecule has 120 valence electrons. The molecule has 0 aliphatic heterocycles. The van der Waals surface area contributed by atoms with Crippen molar-refractivity contribution in [2.24, 2.45) is 0 Å². The van der Waals surface area contributed by atoms with Gasteiger partial charge in [-0.15, -0.1) is 10.2 Å². The van der Waals surface area contributed by atoms with Gasteiger partial charge in [-0.1, -0.05) is 18.2 Å². The fourth-order valence-corrected chi connectivity index (χ4v) is 2.14. The first-order valence-electron chi connectivity index (χ1n) is 7.33. The summed E-state index contributed by atoms with van der Waals surface area (Å²) in [5, 5.41) is 10.7. The first kappa shape index (κ1) is 15.6. The Bertz CT molecular complexity index is 820. The molecule has 6 heteroatoms. The first-order valence-corrected chi connectivity index (χ1v) is 7.33. The maximum absolute atomic E-state index is 12.9. The van der Waals surface area contributed by atoms with Crippen LogP contribution >= 0.6 is 0 Å². The van der Waals surface area contributed by atoms with E-state index >= 15 is 0 Å². The number of nitrogens with zero attached hydrogens (tertiary/aromatic N) is 3. The molecule has 1 aromatic heterocycles. The second kappa shape index (κ2) is 6.87. The van der Waals surface area contributed by atoms with E-state index in [2.05, 4.69) is 15.5 Å². The molecule has 24 heavy (non-hydrogen) atoms. The molecule has 1 amide bonds. The lowest BCUT2D eigenvalue weighted by Gasteiger charge is -2.17. The molecule has 0 aliphatic carbocycles. The van der Waals surface area contributed by atoms with Crippen molar-refractivity contribution in [1.82, 2.24) is 10.2 Å². The fourth-order valence-electron chi connectivity index (χ4n) is 2.14. The van der Waals surface area contributed by atoms with Crippen LogP contribution in [0.3, 0.4) is 0 Å². The lowest BCUT2D eigenvalue weighted by molar-refractivity contribution is 0.102. The van der Waals surface area contributed by atoms with Crippen LogP contribution < -0.4 is 10.2 Å². The summed E-state index contributed by atoms with van der Waals surface area (Å²) in [5.41, 5.74) is 1.65. The second-order valence-corrected chi connectivity index (χ2v) is 5.13. The minimum absolute atomic E-state index is 0.185. The Labute approximate surface area is 138 Å². The summed E-state index contributed by atoms with van der Waals surface area (Å²) >= 11 is 0. The molecule has 0 bridgehead atoms. The quantitative estimate of drug-likeness (QED) is 0.797. The van der Waals surface area contributed by atoms with Gasteiger partial charge in [0.2, 0.25) is 0 Å². The highest BCUT2D eigenvalue weighted by molar-refractivity contribution is 6.02. The minimum atomic E-state index is -0.400. The largest absolute Gasteiger partial charge is 0.328 e. The number of hydrogen-bond acceptors (Lipinski definition) is 4. The summed E-state index contributed by atoms with van der Waals surface area (Å²) in [6.07, 6.45) is 0. The van der Waals surface area contributed by atoms with Crippen molar-refractivity contribution >= 4 is 23.1 Å². The van der Waals surface area contributed by atoms with E-state index in [4.69, 9.17) is 0 Å². The summed E-state index contributed by atoms with van der Waals surface area (Å²) in [5.74, 6) is -0.136. The number of para-hydroxylation sites is 1. The molecule has 0 aliphatic rings. The predicted octanol–water partition coefficient (Wildman–Crippen LogP) is 3.64. The van der Waals surface area contributed by atoms with E-state index in [1.54, 1.807) is 12.1 Å². The number of anilines is 3. The van der Waals surface area contributed by atoms with E-state index in [1.807, 2.05) is 42.3 Å². The molecule has 1 N–H and O–H groups in total. The molecule has 2 aromatic carbocycles.